The Kier molecular flexibility index (Phi) is 5.20. The lowest BCUT2D eigenvalue weighted by atomic mass is 9.87. The third kappa shape index (κ3) is 3.81. The van der Waals surface area contributed by atoms with Gasteiger partial charge >= 0.3 is 5.97 Å². The van der Waals surface area contributed by atoms with Crippen molar-refractivity contribution in [1.82, 2.24) is 10.3 Å². The average Bonchev–Trinajstić information content (AvgIpc) is 3.24. The van der Waals surface area contributed by atoms with E-state index < -0.39 is 5.97 Å². The smallest absolute Gasteiger partial charge is 0.336 e. The van der Waals surface area contributed by atoms with Crippen molar-refractivity contribution in [2.75, 3.05) is 13.2 Å². The number of aryl methyl sites for hydroxylation is 2. The average molecular weight is 415 g/mol. The van der Waals surface area contributed by atoms with Crippen LogP contribution in [0.15, 0.2) is 48.8 Å². The monoisotopic (exact) mass is 414 g/mol. The first-order chi connectivity index (χ1) is 15.1. The molecule has 5 nitrogen and oxygen atoms in total. The van der Waals surface area contributed by atoms with Gasteiger partial charge in [0.05, 0.1) is 12.2 Å². The second kappa shape index (κ2) is 8.16. The van der Waals surface area contributed by atoms with Crippen LogP contribution in [0.25, 0.3) is 11.1 Å². The van der Waals surface area contributed by atoms with Gasteiger partial charge in [-0.15, -0.1) is 0 Å². The second-order valence-corrected chi connectivity index (χ2v) is 8.42. The van der Waals surface area contributed by atoms with Gasteiger partial charge < -0.3 is 15.2 Å². The molecule has 0 saturated carbocycles. The molecular weight excluding hydrogens is 388 g/mol. The minimum absolute atomic E-state index is 0.217. The second-order valence-electron chi connectivity index (χ2n) is 8.42. The standard InChI is InChI=1S/C26H26N2O3/c1-16-12-25-19(8-11-31-25)14-23(16)17-2-4-21-18(13-17)6-10-28-24(21)5-3-20-15-27-9-7-22(20)26(29)30/h2,4,7,9,12-15,24,28H,3,5-6,8,10-11H2,1H3,(H,29,30)/t24-/m0/s1. The molecule has 0 unspecified atom stereocenters. The molecule has 0 saturated heterocycles. The summed E-state index contributed by atoms with van der Waals surface area (Å²) in [5.74, 6) is 0.133. The summed E-state index contributed by atoms with van der Waals surface area (Å²) in [7, 11) is 0. The Hall–Kier alpha value is -3.18. The number of benzene rings is 2. The molecule has 0 amide bonds. The summed E-state index contributed by atoms with van der Waals surface area (Å²) >= 11 is 0. The molecule has 5 rings (SSSR count). The van der Waals surface area contributed by atoms with Gasteiger partial charge in [-0.1, -0.05) is 18.2 Å². The van der Waals surface area contributed by atoms with Crippen molar-refractivity contribution in [2.24, 2.45) is 0 Å². The molecule has 0 spiro atoms. The molecule has 2 aliphatic heterocycles. The van der Waals surface area contributed by atoms with Crippen molar-refractivity contribution in [3.8, 4) is 16.9 Å². The van der Waals surface area contributed by atoms with Crippen molar-refractivity contribution in [3.63, 3.8) is 0 Å². The van der Waals surface area contributed by atoms with E-state index in [0.29, 0.717) is 12.0 Å². The van der Waals surface area contributed by atoms with Gasteiger partial charge in [0.1, 0.15) is 5.75 Å². The van der Waals surface area contributed by atoms with E-state index in [0.717, 1.165) is 43.7 Å². The maximum Gasteiger partial charge on any atom is 0.336 e. The molecule has 0 bridgehead atoms. The number of hydrogen-bond acceptors (Lipinski definition) is 4. The highest BCUT2D eigenvalue weighted by molar-refractivity contribution is 5.89. The van der Waals surface area contributed by atoms with Gasteiger partial charge in [-0.25, -0.2) is 4.79 Å². The van der Waals surface area contributed by atoms with Crippen LogP contribution >= 0.6 is 0 Å². The number of carboxylic acid groups (broad SMARTS) is 1. The quantitative estimate of drug-likeness (QED) is 0.643. The number of carbonyl (C=O) groups is 1. The molecule has 2 aliphatic rings. The zero-order valence-corrected chi connectivity index (χ0v) is 17.6. The van der Waals surface area contributed by atoms with Crippen LogP contribution in [0.2, 0.25) is 0 Å². The molecule has 0 radical (unpaired) electrons. The fourth-order valence-corrected chi connectivity index (χ4v) is 4.85. The Morgan fingerprint density at radius 3 is 2.97 bits per heavy atom. The van der Waals surface area contributed by atoms with Crippen LogP contribution < -0.4 is 10.1 Å². The Morgan fingerprint density at radius 1 is 1.19 bits per heavy atom. The number of rotatable bonds is 5. The predicted octanol–water partition coefficient (Wildman–Crippen LogP) is 4.51. The van der Waals surface area contributed by atoms with Crippen LogP contribution in [0, 0.1) is 6.92 Å². The Labute approximate surface area is 182 Å². The normalized spacial score (nSPS) is 17.0. The number of nitrogens with one attached hydrogen (secondary N) is 1. The van der Waals surface area contributed by atoms with E-state index in [4.69, 9.17) is 4.74 Å². The molecule has 3 aromatic rings. The lowest BCUT2D eigenvalue weighted by Crippen LogP contribution is -2.30. The van der Waals surface area contributed by atoms with Crippen molar-refractivity contribution in [2.45, 2.75) is 38.6 Å². The summed E-state index contributed by atoms with van der Waals surface area (Å²) in [6.07, 6.45) is 6.71. The summed E-state index contributed by atoms with van der Waals surface area (Å²) in [6, 6.07) is 13.0. The van der Waals surface area contributed by atoms with Gasteiger partial charge in [-0.2, -0.15) is 0 Å². The first-order valence-corrected chi connectivity index (χ1v) is 10.9. The molecule has 2 N–H and O–H groups in total. The van der Waals surface area contributed by atoms with Crippen molar-refractivity contribution >= 4 is 5.97 Å². The Morgan fingerprint density at radius 2 is 2.10 bits per heavy atom. The Balaban J connectivity index is 1.40. The number of aromatic carboxylic acids is 1. The van der Waals surface area contributed by atoms with Crippen LogP contribution in [-0.4, -0.2) is 29.2 Å². The number of aromatic nitrogens is 1. The molecule has 5 heteroatoms. The molecule has 2 aromatic carbocycles. The van der Waals surface area contributed by atoms with Crippen LogP contribution in [0.4, 0.5) is 0 Å². The summed E-state index contributed by atoms with van der Waals surface area (Å²) in [5, 5.41) is 13.0. The number of fused-ring (bicyclic) bond motifs is 2. The van der Waals surface area contributed by atoms with Gasteiger partial charge in [0.2, 0.25) is 0 Å². The van der Waals surface area contributed by atoms with E-state index >= 15 is 0 Å². The predicted molar refractivity (Wildman–Crippen MR) is 120 cm³/mol. The first kappa shape index (κ1) is 19.8. The summed E-state index contributed by atoms with van der Waals surface area (Å²) in [6.45, 7) is 3.85. The van der Waals surface area contributed by atoms with Crippen molar-refractivity contribution < 1.29 is 14.6 Å². The van der Waals surface area contributed by atoms with Gasteiger partial charge in [0.25, 0.3) is 0 Å². The number of ether oxygens (including phenoxy) is 1. The molecule has 0 fully saturated rings. The van der Waals surface area contributed by atoms with Crippen LogP contribution in [0.5, 0.6) is 5.75 Å². The minimum Gasteiger partial charge on any atom is -0.493 e. The zero-order valence-electron chi connectivity index (χ0n) is 17.6. The van der Waals surface area contributed by atoms with Crippen LogP contribution in [0.1, 0.15) is 50.6 Å². The van der Waals surface area contributed by atoms with E-state index in [2.05, 4.69) is 47.6 Å². The molecular formula is C26H26N2O3. The first-order valence-electron chi connectivity index (χ1n) is 10.9. The topological polar surface area (TPSA) is 71.5 Å². The minimum atomic E-state index is -0.894. The fourth-order valence-electron chi connectivity index (χ4n) is 4.85. The number of carboxylic acids is 1. The molecule has 3 heterocycles. The number of nitrogens with zero attached hydrogens (tertiary/aromatic N) is 1. The lowest BCUT2D eigenvalue weighted by molar-refractivity contribution is 0.0695. The van der Waals surface area contributed by atoms with Crippen LogP contribution in [0.3, 0.4) is 0 Å². The fraction of sp³-hybridized carbons (Fsp3) is 0.308. The third-order valence-electron chi connectivity index (χ3n) is 6.49. The third-order valence-corrected chi connectivity index (χ3v) is 6.49. The molecule has 31 heavy (non-hydrogen) atoms. The van der Waals surface area contributed by atoms with Crippen LogP contribution in [-0.2, 0) is 19.3 Å². The van der Waals surface area contributed by atoms with Gasteiger partial charge in [0, 0.05) is 24.9 Å². The summed E-state index contributed by atoms with van der Waals surface area (Å²) in [5.41, 5.74) is 8.90. The lowest BCUT2D eigenvalue weighted by Gasteiger charge is -2.28. The van der Waals surface area contributed by atoms with Crippen molar-refractivity contribution in [1.29, 1.82) is 0 Å². The maximum atomic E-state index is 11.5. The highest BCUT2D eigenvalue weighted by Gasteiger charge is 2.22. The van der Waals surface area contributed by atoms with E-state index in [1.54, 1.807) is 12.3 Å². The number of hydrogen-bond donors (Lipinski definition) is 2. The van der Waals surface area contributed by atoms with E-state index in [1.807, 2.05) is 0 Å². The summed E-state index contributed by atoms with van der Waals surface area (Å²) in [4.78, 5) is 15.6. The van der Waals surface area contributed by atoms with E-state index in [9.17, 15) is 9.90 Å². The summed E-state index contributed by atoms with van der Waals surface area (Å²) < 4.78 is 5.71. The molecule has 1 aromatic heterocycles. The van der Waals surface area contributed by atoms with E-state index in [1.165, 1.54) is 39.6 Å². The Bertz CT molecular complexity index is 1160. The highest BCUT2D eigenvalue weighted by Crippen LogP contribution is 2.36. The molecule has 158 valence electrons. The molecule has 0 aliphatic carbocycles. The van der Waals surface area contributed by atoms with E-state index in [-0.39, 0.29) is 6.04 Å². The highest BCUT2D eigenvalue weighted by atomic mass is 16.5. The zero-order chi connectivity index (χ0) is 21.4. The van der Waals surface area contributed by atoms with Gasteiger partial charge in [-0.05, 0) is 89.9 Å². The SMILES string of the molecule is Cc1cc2c(cc1-c1ccc3c(c1)CCN[C@H]3CCc1cnccc1C(=O)O)CCO2. The van der Waals surface area contributed by atoms with Crippen molar-refractivity contribution in [3.05, 3.63) is 82.2 Å². The number of pyridine rings is 1. The molecule has 1 atom stereocenters. The van der Waals surface area contributed by atoms with Gasteiger partial charge in [-0.3, -0.25) is 4.98 Å². The maximum absolute atomic E-state index is 11.5. The largest absolute Gasteiger partial charge is 0.493 e. The van der Waals surface area contributed by atoms with Gasteiger partial charge in [0.15, 0.2) is 0 Å².